The minimum atomic E-state index is -2.45. The Morgan fingerprint density at radius 2 is 1.91 bits per heavy atom. The summed E-state index contributed by atoms with van der Waals surface area (Å²) < 4.78 is 32.0. The van der Waals surface area contributed by atoms with Crippen LogP contribution in [0.4, 0.5) is 0 Å². The zero-order valence-corrected chi connectivity index (χ0v) is 35.6. The van der Waals surface area contributed by atoms with Crippen molar-refractivity contribution in [2.75, 3.05) is 26.9 Å². The lowest BCUT2D eigenvalue weighted by Gasteiger charge is -2.48. The van der Waals surface area contributed by atoms with Gasteiger partial charge in [0.1, 0.15) is 53.0 Å². The number of allylic oxidation sites excluding steroid dienone is 4. The van der Waals surface area contributed by atoms with Crippen LogP contribution in [0.15, 0.2) is 107 Å². The topological polar surface area (TPSA) is 197 Å². The third kappa shape index (κ3) is 7.59. The number of Topliss-reactive ketones (excluding diaryl/α,β-unsaturated/α-hetero) is 1. The summed E-state index contributed by atoms with van der Waals surface area (Å²) in [5.41, 5.74) is 2.65. The number of aliphatic hydroxyl groups is 3. The summed E-state index contributed by atoms with van der Waals surface area (Å²) >= 11 is 0. The molecule has 4 heterocycles. The summed E-state index contributed by atoms with van der Waals surface area (Å²) in [5, 5.41) is 59.0. The number of phenolic OH excluding ortho intramolecular Hbond substituents is 2. The summed E-state index contributed by atoms with van der Waals surface area (Å²) in [7, 11) is 1.49. The number of rotatable bonds is 10. The van der Waals surface area contributed by atoms with Crippen LogP contribution < -0.4 is 9.47 Å². The van der Waals surface area contributed by atoms with E-state index < -0.39 is 54.4 Å². The van der Waals surface area contributed by atoms with Crippen LogP contribution >= 0.6 is 0 Å². The number of carbonyl (C=O) groups is 2. The van der Waals surface area contributed by atoms with Crippen molar-refractivity contribution in [2.24, 2.45) is 4.99 Å². The molecule has 334 valence electrons. The first kappa shape index (κ1) is 42.7. The molecule has 5 N–H and O–H groups in total. The van der Waals surface area contributed by atoms with Crippen molar-refractivity contribution in [2.45, 2.75) is 81.1 Å². The van der Waals surface area contributed by atoms with E-state index in [-0.39, 0.29) is 66.1 Å². The Balaban J connectivity index is 1.14. The van der Waals surface area contributed by atoms with Crippen molar-refractivity contribution in [3.8, 4) is 23.0 Å². The highest BCUT2D eigenvalue weighted by atomic mass is 16.7. The molecule has 4 aromatic rings. The summed E-state index contributed by atoms with van der Waals surface area (Å²) in [5.74, 6) is -0.955. The normalized spacial score (nSPS) is 26.0. The lowest BCUT2D eigenvalue weighted by molar-refractivity contribution is -0.337. The molecule has 14 heteroatoms. The molecule has 10 rings (SSSR count). The molecule has 6 unspecified atom stereocenters. The zero-order chi connectivity index (χ0) is 45.0. The van der Waals surface area contributed by atoms with Crippen LogP contribution in [-0.4, -0.2) is 112 Å². The van der Waals surface area contributed by atoms with Gasteiger partial charge in [-0.25, -0.2) is 0 Å². The average molecular weight is 882 g/mol. The molecule has 65 heavy (non-hydrogen) atoms. The Morgan fingerprint density at radius 3 is 2.69 bits per heavy atom. The molecule has 0 aromatic heterocycles. The van der Waals surface area contributed by atoms with Crippen LogP contribution in [0.1, 0.15) is 74.6 Å². The van der Waals surface area contributed by atoms with E-state index in [1.165, 1.54) is 24.1 Å². The molecular weight excluding hydrogens is 833 g/mol. The monoisotopic (exact) mass is 881 g/mol. The number of carbonyl (C=O) groups excluding carboxylic acids is 2. The molecule has 4 aromatic carbocycles. The van der Waals surface area contributed by atoms with Crippen molar-refractivity contribution in [3.63, 3.8) is 0 Å². The number of phenols is 2. The van der Waals surface area contributed by atoms with Gasteiger partial charge >= 0.3 is 0 Å². The third-order valence-electron chi connectivity index (χ3n) is 13.4. The largest absolute Gasteiger partial charge is 0.508 e. The SMILES string of the molecule is COc1cc2cc(C3CCCC3)c(C(=O)CN3Cc4ccccc4C3=O)c(O)c2c2c1C=CC(C1=C3[CH+]C=CC=C3N=C1)OCC1OC(O2)C(O)(CO)C(OCc2cccc(O)c2)C1O. The molecule has 2 bridgehead atoms. The van der Waals surface area contributed by atoms with Gasteiger partial charge in [-0.1, -0.05) is 43.2 Å². The first-order chi connectivity index (χ1) is 31.6. The van der Waals surface area contributed by atoms with Gasteiger partial charge in [0.05, 0.1) is 61.8 Å². The van der Waals surface area contributed by atoms with Crippen molar-refractivity contribution in [3.05, 3.63) is 142 Å². The molecule has 2 fully saturated rings. The van der Waals surface area contributed by atoms with Gasteiger partial charge in [0.15, 0.2) is 17.1 Å². The molecule has 6 aliphatic rings. The summed E-state index contributed by atoms with van der Waals surface area (Å²) in [6.07, 6.45) is 9.28. The molecule has 14 nitrogen and oxygen atoms in total. The van der Waals surface area contributed by atoms with E-state index in [1.807, 2.05) is 42.8 Å². The number of amides is 1. The average Bonchev–Trinajstić information content (AvgIpc) is 4.07. The standard InChI is InChI=1S/C51H48N2O12/c1-61-41-21-31-20-36(29-10-2-3-11-29)44(39(56)24-53-23-30-12-4-5-14-33(30)49(53)59)46(58)43(31)47-35(41)17-18-40(37-22-52-38-16-7-6-15-34(37)38)62-26-42-45(57)48(51(60,27-54)50(64-42)65-47)63-25-28-9-8-13-32(55)19-28/h4-9,12-22,29,40,42,45,48,50,54,57,60H,2-3,10-11,23-27H2,1H3,(H-,55,56,58)/p+1. The first-order valence-corrected chi connectivity index (χ1v) is 21.9. The number of nitrogens with zero attached hydrogens (tertiary/aromatic N) is 2. The number of aliphatic hydroxyl groups excluding tert-OH is 2. The van der Waals surface area contributed by atoms with Gasteiger partial charge in [-0.15, -0.1) is 0 Å². The molecular formula is C51H49N2O12+. The Morgan fingerprint density at radius 1 is 1.08 bits per heavy atom. The lowest BCUT2D eigenvalue weighted by atomic mass is 9.86. The molecule has 1 amide bonds. The van der Waals surface area contributed by atoms with Crippen LogP contribution in [0.25, 0.3) is 16.8 Å². The molecule has 0 radical (unpaired) electrons. The number of methoxy groups -OCH3 is 1. The van der Waals surface area contributed by atoms with Gasteiger partial charge in [0, 0.05) is 36.8 Å². The van der Waals surface area contributed by atoms with E-state index in [2.05, 4.69) is 4.99 Å². The maximum atomic E-state index is 14.8. The van der Waals surface area contributed by atoms with E-state index >= 15 is 0 Å². The minimum Gasteiger partial charge on any atom is -0.508 e. The summed E-state index contributed by atoms with van der Waals surface area (Å²) in [6.45, 7) is -1.50. The lowest BCUT2D eigenvalue weighted by Crippen LogP contribution is -2.70. The van der Waals surface area contributed by atoms with Gasteiger partial charge in [-0.05, 0) is 83.3 Å². The fourth-order valence-corrected chi connectivity index (χ4v) is 10.0. The number of hydrogen-bond acceptors (Lipinski definition) is 13. The van der Waals surface area contributed by atoms with Gasteiger partial charge in [-0.2, -0.15) is 4.99 Å². The number of aromatic hydroxyl groups is 2. The fourth-order valence-electron chi connectivity index (χ4n) is 10.0. The molecule has 0 spiro atoms. The van der Waals surface area contributed by atoms with E-state index in [0.29, 0.717) is 33.4 Å². The predicted octanol–water partition coefficient (Wildman–Crippen LogP) is 5.98. The fraction of sp³-hybridized carbons (Fsp3) is 0.333. The van der Waals surface area contributed by atoms with Crippen molar-refractivity contribution < 1.29 is 58.8 Å². The van der Waals surface area contributed by atoms with E-state index in [4.69, 9.17) is 23.7 Å². The minimum absolute atomic E-state index is 0.0155. The highest BCUT2D eigenvalue weighted by Gasteiger charge is 2.58. The van der Waals surface area contributed by atoms with E-state index in [1.54, 1.807) is 48.7 Å². The maximum Gasteiger partial charge on any atom is 0.254 e. The molecule has 6 atom stereocenters. The number of ketones is 1. The maximum absolute atomic E-state index is 14.8. The molecule has 1 saturated carbocycles. The summed E-state index contributed by atoms with van der Waals surface area (Å²) in [6, 6.07) is 17.1. The Bertz CT molecular complexity index is 2730. The van der Waals surface area contributed by atoms with Crippen LogP contribution in [0.2, 0.25) is 0 Å². The van der Waals surface area contributed by atoms with Crippen LogP contribution in [-0.2, 0) is 27.4 Å². The highest BCUT2D eigenvalue weighted by molar-refractivity contribution is 6.11. The van der Waals surface area contributed by atoms with Crippen LogP contribution in [0, 0.1) is 6.42 Å². The van der Waals surface area contributed by atoms with Gasteiger partial charge < -0.3 is 54.1 Å². The molecule has 2 aliphatic carbocycles. The van der Waals surface area contributed by atoms with E-state index in [9.17, 15) is 35.1 Å². The first-order valence-electron chi connectivity index (χ1n) is 21.9. The van der Waals surface area contributed by atoms with Crippen molar-refractivity contribution in [1.29, 1.82) is 0 Å². The number of ether oxygens (including phenoxy) is 5. The Hall–Kier alpha value is -6.26. The summed E-state index contributed by atoms with van der Waals surface area (Å²) in [4.78, 5) is 34.4. The highest BCUT2D eigenvalue weighted by Crippen LogP contribution is 2.50. The quantitative estimate of drug-likeness (QED) is 0.0925. The number of fused-ring (bicyclic) bond motifs is 7. The van der Waals surface area contributed by atoms with Crippen molar-refractivity contribution in [1.82, 2.24) is 4.90 Å². The number of benzene rings is 4. The zero-order valence-electron chi connectivity index (χ0n) is 35.6. The second-order valence-electron chi connectivity index (χ2n) is 17.3. The predicted molar refractivity (Wildman–Crippen MR) is 239 cm³/mol. The van der Waals surface area contributed by atoms with E-state index in [0.717, 1.165) is 42.5 Å². The molecule has 4 aliphatic heterocycles. The smallest absolute Gasteiger partial charge is 0.254 e. The Labute approximate surface area is 375 Å². The number of hydrogen-bond donors (Lipinski definition) is 5. The van der Waals surface area contributed by atoms with Crippen molar-refractivity contribution >= 4 is 34.8 Å². The van der Waals surface area contributed by atoms with Gasteiger partial charge in [-0.3, -0.25) is 9.59 Å². The van der Waals surface area contributed by atoms with Crippen LogP contribution in [0.5, 0.6) is 23.0 Å². The number of aliphatic imine (C=N–C) groups is 1. The van der Waals surface area contributed by atoms with Crippen LogP contribution in [0.3, 0.4) is 0 Å². The second kappa shape index (κ2) is 17.3. The second-order valence-corrected chi connectivity index (χ2v) is 17.3. The third-order valence-corrected chi connectivity index (χ3v) is 13.4. The molecule has 1 saturated heterocycles. The van der Waals surface area contributed by atoms with Gasteiger partial charge in [0.25, 0.3) is 5.91 Å². The van der Waals surface area contributed by atoms with Gasteiger partial charge in [0.2, 0.25) is 6.29 Å². The Kier molecular flexibility index (Phi) is 11.3.